The molecule has 0 aromatic carbocycles. The van der Waals surface area contributed by atoms with Crippen LogP contribution in [0.2, 0.25) is 5.02 Å². The number of carbonyl (C=O) groups excluding carboxylic acids is 1. The number of rotatable bonds is 2. The highest BCUT2D eigenvalue weighted by molar-refractivity contribution is 6.30. The summed E-state index contributed by atoms with van der Waals surface area (Å²) in [7, 11) is 0. The zero-order chi connectivity index (χ0) is 13.3. The summed E-state index contributed by atoms with van der Waals surface area (Å²) < 4.78 is 0. The fraction of sp³-hybridized carbons (Fsp3) is 0.571. The SMILES string of the molecule is O=C1CC2(CCN(Cc3cncc(Cl)c3)CC2)CN1. The third-order valence-corrected chi connectivity index (χ3v) is 4.49. The molecule has 2 saturated heterocycles. The minimum atomic E-state index is 0.215. The molecule has 1 aromatic heterocycles. The van der Waals surface area contributed by atoms with E-state index in [9.17, 15) is 4.79 Å². The number of nitrogens with one attached hydrogen (secondary N) is 1. The number of nitrogens with zero attached hydrogens (tertiary/aromatic N) is 2. The van der Waals surface area contributed by atoms with Gasteiger partial charge in [0.2, 0.25) is 5.91 Å². The van der Waals surface area contributed by atoms with Crippen molar-refractivity contribution in [2.45, 2.75) is 25.8 Å². The molecule has 0 unspecified atom stereocenters. The van der Waals surface area contributed by atoms with Gasteiger partial charge in [-0.2, -0.15) is 0 Å². The first kappa shape index (κ1) is 12.9. The molecule has 1 N–H and O–H groups in total. The van der Waals surface area contributed by atoms with Crippen molar-refractivity contribution in [3.05, 3.63) is 29.0 Å². The van der Waals surface area contributed by atoms with E-state index >= 15 is 0 Å². The van der Waals surface area contributed by atoms with Crippen molar-refractivity contribution in [2.75, 3.05) is 19.6 Å². The van der Waals surface area contributed by atoms with Crippen LogP contribution in [0.4, 0.5) is 0 Å². The van der Waals surface area contributed by atoms with Gasteiger partial charge in [-0.1, -0.05) is 11.6 Å². The molecular formula is C14H18ClN3O. The van der Waals surface area contributed by atoms with Gasteiger partial charge in [-0.3, -0.25) is 14.7 Å². The van der Waals surface area contributed by atoms with Crippen LogP contribution in [0.25, 0.3) is 0 Å². The van der Waals surface area contributed by atoms with Crippen LogP contribution in [0.1, 0.15) is 24.8 Å². The number of amides is 1. The van der Waals surface area contributed by atoms with Crippen LogP contribution >= 0.6 is 11.6 Å². The number of carbonyl (C=O) groups is 1. The largest absolute Gasteiger partial charge is 0.356 e. The van der Waals surface area contributed by atoms with Crippen LogP contribution in [0.15, 0.2) is 18.5 Å². The molecule has 0 bridgehead atoms. The number of hydrogen-bond acceptors (Lipinski definition) is 3. The summed E-state index contributed by atoms with van der Waals surface area (Å²) in [5.41, 5.74) is 1.38. The fourth-order valence-electron chi connectivity index (χ4n) is 3.09. The van der Waals surface area contributed by atoms with Gasteiger partial charge in [-0.05, 0) is 43.0 Å². The zero-order valence-electron chi connectivity index (χ0n) is 10.9. The molecule has 3 heterocycles. The van der Waals surface area contributed by atoms with Gasteiger partial charge in [0.15, 0.2) is 0 Å². The normalized spacial score (nSPS) is 22.7. The molecule has 0 atom stereocenters. The number of likely N-dealkylation sites (tertiary alicyclic amines) is 1. The molecule has 1 aromatic rings. The molecule has 0 aliphatic carbocycles. The predicted molar refractivity (Wildman–Crippen MR) is 73.8 cm³/mol. The number of piperidine rings is 1. The van der Waals surface area contributed by atoms with E-state index in [4.69, 9.17) is 11.6 Å². The molecule has 1 spiro atoms. The Kier molecular flexibility index (Phi) is 3.46. The molecule has 0 radical (unpaired) electrons. The third kappa shape index (κ3) is 2.90. The van der Waals surface area contributed by atoms with E-state index in [-0.39, 0.29) is 11.3 Å². The maximum Gasteiger partial charge on any atom is 0.220 e. The lowest BCUT2D eigenvalue weighted by Gasteiger charge is -2.38. The molecule has 3 rings (SSSR count). The maximum atomic E-state index is 11.4. The van der Waals surface area contributed by atoms with Crippen molar-refractivity contribution in [3.63, 3.8) is 0 Å². The zero-order valence-corrected chi connectivity index (χ0v) is 11.6. The van der Waals surface area contributed by atoms with E-state index in [2.05, 4.69) is 15.2 Å². The van der Waals surface area contributed by atoms with Crippen molar-refractivity contribution >= 4 is 17.5 Å². The Bertz CT molecular complexity index is 483. The van der Waals surface area contributed by atoms with E-state index in [0.717, 1.165) is 44.6 Å². The van der Waals surface area contributed by atoms with Crippen LogP contribution in [-0.4, -0.2) is 35.4 Å². The average molecular weight is 280 g/mol. The smallest absolute Gasteiger partial charge is 0.220 e. The molecule has 2 aliphatic heterocycles. The van der Waals surface area contributed by atoms with Crippen molar-refractivity contribution in [1.29, 1.82) is 0 Å². The first-order chi connectivity index (χ1) is 9.15. The van der Waals surface area contributed by atoms with Gasteiger partial charge in [-0.15, -0.1) is 0 Å². The number of hydrogen-bond donors (Lipinski definition) is 1. The molecule has 19 heavy (non-hydrogen) atoms. The quantitative estimate of drug-likeness (QED) is 0.898. The van der Waals surface area contributed by atoms with Gasteiger partial charge >= 0.3 is 0 Å². The van der Waals surface area contributed by atoms with Gasteiger partial charge in [0.1, 0.15) is 0 Å². The average Bonchev–Trinajstić information content (AvgIpc) is 2.74. The Hall–Kier alpha value is -1.13. The van der Waals surface area contributed by atoms with Crippen LogP contribution in [0, 0.1) is 5.41 Å². The number of halogens is 1. The Balaban J connectivity index is 1.57. The van der Waals surface area contributed by atoms with E-state index in [0.29, 0.717) is 11.4 Å². The second kappa shape index (κ2) is 5.10. The summed E-state index contributed by atoms with van der Waals surface area (Å²) >= 11 is 5.95. The summed E-state index contributed by atoms with van der Waals surface area (Å²) in [5.74, 6) is 0.215. The molecule has 2 fully saturated rings. The van der Waals surface area contributed by atoms with Gasteiger partial charge in [0.25, 0.3) is 0 Å². The van der Waals surface area contributed by atoms with Crippen LogP contribution in [-0.2, 0) is 11.3 Å². The molecule has 2 aliphatic rings. The van der Waals surface area contributed by atoms with Gasteiger partial charge < -0.3 is 5.32 Å². The summed E-state index contributed by atoms with van der Waals surface area (Å²) in [6, 6.07) is 1.97. The Morgan fingerprint density at radius 1 is 1.37 bits per heavy atom. The molecule has 5 heteroatoms. The summed E-state index contributed by atoms with van der Waals surface area (Å²) in [6.45, 7) is 3.84. The summed E-state index contributed by atoms with van der Waals surface area (Å²) in [4.78, 5) is 17.9. The van der Waals surface area contributed by atoms with E-state index in [1.165, 1.54) is 0 Å². The molecular weight excluding hydrogens is 262 g/mol. The maximum absolute atomic E-state index is 11.4. The van der Waals surface area contributed by atoms with Crippen molar-refractivity contribution in [2.24, 2.45) is 5.41 Å². The first-order valence-electron chi connectivity index (χ1n) is 6.74. The molecule has 1 amide bonds. The second-order valence-electron chi connectivity index (χ2n) is 5.74. The number of pyridine rings is 1. The van der Waals surface area contributed by atoms with E-state index in [1.54, 1.807) is 6.20 Å². The topological polar surface area (TPSA) is 45.2 Å². The standard InChI is InChI=1S/C14H18ClN3O/c15-12-5-11(7-16-8-12)9-18-3-1-14(2-4-18)6-13(19)17-10-14/h5,7-8H,1-4,6,9-10H2,(H,17,19). The second-order valence-corrected chi connectivity index (χ2v) is 6.18. The Morgan fingerprint density at radius 3 is 2.79 bits per heavy atom. The van der Waals surface area contributed by atoms with Gasteiger partial charge in [0, 0.05) is 31.9 Å². The van der Waals surface area contributed by atoms with E-state index < -0.39 is 0 Å². The summed E-state index contributed by atoms with van der Waals surface area (Å²) in [5, 5.41) is 3.66. The fourth-order valence-corrected chi connectivity index (χ4v) is 3.29. The van der Waals surface area contributed by atoms with Crippen molar-refractivity contribution in [3.8, 4) is 0 Å². The predicted octanol–water partition coefficient (Wildman–Crippen LogP) is 1.84. The number of aromatic nitrogens is 1. The van der Waals surface area contributed by atoms with Crippen molar-refractivity contribution in [1.82, 2.24) is 15.2 Å². The Morgan fingerprint density at radius 2 is 2.16 bits per heavy atom. The van der Waals surface area contributed by atoms with Crippen molar-refractivity contribution < 1.29 is 4.79 Å². The minimum absolute atomic E-state index is 0.215. The lowest BCUT2D eigenvalue weighted by atomic mass is 9.77. The first-order valence-corrected chi connectivity index (χ1v) is 7.12. The Labute approximate surface area is 118 Å². The van der Waals surface area contributed by atoms with Gasteiger partial charge in [0.05, 0.1) is 5.02 Å². The highest BCUT2D eigenvalue weighted by Crippen LogP contribution is 2.37. The lowest BCUT2D eigenvalue weighted by Crippen LogP contribution is -2.40. The highest BCUT2D eigenvalue weighted by atomic mass is 35.5. The van der Waals surface area contributed by atoms with Crippen LogP contribution in [0.5, 0.6) is 0 Å². The van der Waals surface area contributed by atoms with E-state index in [1.807, 2.05) is 12.3 Å². The third-order valence-electron chi connectivity index (χ3n) is 4.28. The summed E-state index contributed by atoms with van der Waals surface area (Å²) in [6.07, 6.45) is 6.43. The molecule has 4 nitrogen and oxygen atoms in total. The molecule has 102 valence electrons. The minimum Gasteiger partial charge on any atom is -0.356 e. The lowest BCUT2D eigenvalue weighted by molar-refractivity contribution is -0.119. The molecule has 0 saturated carbocycles. The monoisotopic (exact) mass is 279 g/mol. The highest BCUT2D eigenvalue weighted by Gasteiger charge is 2.40. The van der Waals surface area contributed by atoms with Crippen LogP contribution < -0.4 is 5.32 Å². The van der Waals surface area contributed by atoms with Gasteiger partial charge in [-0.25, -0.2) is 0 Å². The van der Waals surface area contributed by atoms with Crippen LogP contribution in [0.3, 0.4) is 0 Å².